The van der Waals surface area contributed by atoms with Gasteiger partial charge in [0.25, 0.3) is 0 Å². The highest BCUT2D eigenvalue weighted by Gasteiger charge is 2.22. The second-order valence-electron chi connectivity index (χ2n) is 5.53. The lowest BCUT2D eigenvalue weighted by Gasteiger charge is -2.28. The SMILES string of the molecule is CNC1CCC(OCC(=O)NC2CCOCC2)CC1. The van der Waals surface area contributed by atoms with Gasteiger partial charge in [-0.05, 0) is 45.6 Å². The van der Waals surface area contributed by atoms with Crippen molar-refractivity contribution >= 4 is 5.91 Å². The molecule has 2 rings (SSSR count). The number of hydrogen-bond donors (Lipinski definition) is 2. The predicted octanol–water partition coefficient (Wildman–Crippen LogP) is 0.829. The lowest BCUT2D eigenvalue weighted by Crippen LogP contribution is -2.41. The van der Waals surface area contributed by atoms with E-state index in [9.17, 15) is 4.79 Å². The molecule has 0 spiro atoms. The lowest BCUT2D eigenvalue weighted by molar-refractivity contribution is -0.129. The largest absolute Gasteiger partial charge is 0.381 e. The van der Waals surface area contributed by atoms with Crippen molar-refractivity contribution in [2.45, 2.75) is 56.7 Å². The molecule has 2 fully saturated rings. The van der Waals surface area contributed by atoms with Crippen LogP contribution in [-0.4, -0.2) is 51.0 Å². The summed E-state index contributed by atoms with van der Waals surface area (Å²) in [5.74, 6) is 0.0163. The van der Waals surface area contributed by atoms with Gasteiger partial charge in [-0.15, -0.1) is 0 Å². The molecular formula is C14H26N2O3. The molecule has 1 aliphatic carbocycles. The molecule has 0 aromatic carbocycles. The van der Waals surface area contributed by atoms with Crippen molar-refractivity contribution in [3.63, 3.8) is 0 Å². The van der Waals surface area contributed by atoms with Crippen molar-refractivity contribution in [1.82, 2.24) is 10.6 Å². The van der Waals surface area contributed by atoms with Gasteiger partial charge in [0.15, 0.2) is 0 Å². The third kappa shape index (κ3) is 5.09. The molecule has 110 valence electrons. The number of nitrogens with one attached hydrogen (secondary N) is 2. The van der Waals surface area contributed by atoms with Crippen molar-refractivity contribution in [3.05, 3.63) is 0 Å². The van der Waals surface area contributed by atoms with Gasteiger partial charge in [-0.1, -0.05) is 0 Å². The Kier molecular flexibility index (Phi) is 6.07. The molecule has 0 aromatic heterocycles. The molecule has 0 bridgehead atoms. The molecule has 5 nitrogen and oxygen atoms in total. The van der Waals surface area contributed by atoms with Crippen LogP contribution in [0.4, 0.5) is 0 Å². The normalized spacial score (nSPS) is 29.1. The van der Waals surface area contributed by atoms with Gasteiger partial charge in [-0.3, -0.25) is 4.79 Å². The van der Waals surface area contributed by atoms with Crippen LogP contribution < -0.4 is 10.6 Å². The van der Waals surface area contributed by atoms with E-state index >= 15 is 0 Å². The summed E-state index contributed by atoms with van der Waals surface area (Å²) >= 11 is 0. The molecule has 2 N–H and O–H groups in total. The Morgan fingerprint density at radius 1 is 1.11 bits per heavy atom. The summed E-state index contributed by atoms with van der Waals surface area (Å²) in [6.07, 6.45) is 6.47. The number of carbonyl (C=O) groups is 1. The standard InChI is InChI=1S/C14H26N2O3/c1-15-11-2-4-13(5-3-11)19-10-14(17)16-12-6-8-18-9-7-12/h11-13,15H,2-10H2,1H3,(H,16,17). The maximum Gasteiger partial charge on any atom is 0.246 e. The number of hydrogen-bond acceptors (Lipinski definition) is 4. The maximum absolute atomic E-state index is 11.8. The van der Waals surface area contributed by atoms with Gasteiger partial charge in [-0.2, -0.15) is 0 Å². The monoisotopic (exact) mass is 270 g/mol. The highest BCUT2D eigenvalue weighted by Crippen LogP contribution is 2.20. The van der Waals surface area contributed by atoms with Crippen LogP contribution >= 0.6 is 0 Å². The quantitative estimate of drug-likeness (QED) is 0.777. The Morgan fingerprint density at radius 3 is 2.42 bits per heavy atom. The molecule has 2 aliphatic rings. The first-order valence-corrected chi connectivity index (χ1v) is 7.44. The maximum atomic E-state index is 11.8. The Labute approximate surface area is 115 Å². The molecule has 19 heavy (non-hydrogen) atoms. The van der Waals surface area contributed by atoms with Crippen molar-refractivity contribution in [2.75, 3.05) is 26.9 Å². The highest BCUT2D eigenvalue weighted by atomic mass is 16.5. The first-order chi connectivity index (χ1) is 9.28. The predicted molar refractivity (Wildman–Crippen MR) is 73.0 cm³/mol. The minimum atomic E-state index is 0.0163. The second kappa shape index (κ2) is 7.82. The van der Waals surface area contributed by atoms with Crippen molar-refractivity contribution in [1.29, 1.82) is 0 Å². The summed E-state index contributed by atoms with van der Waals surface area (Å²) in [4.78, 5) is 11.8. The zero-order valence-electron chi connectivity index (χ0n) is 11.8. The Morgan fingerprint density at radius 2 is 1.79 bits per heavy atom. The van der Waals surface area contributed by atoms with Crippen LogP contribution in [0.5, 0.6) is 0 Å². The Bertz CT molecular complexity index is 272. The zero-order chi connectivity index (χ0) is 13.5. The molecule has 1 aliphatic heterocycles. The molecule has 0 aromatic rings. The van der Waals surface area contributed by atoms with Gasteiger partial charge in [0, 0.05) is 25.3 Å². The smallest absolute Gasteiger partial charge is 0.246 e. The van der Waals surface area contributed by atoms with Crippen LogP contribution in [0.1, 0.15) is 38.5 Å². The molecular weight excluding hydrogens is 244 g/mol. The fourth-order valence-corrected chi connectivity index (χ4v) is 2.82. The van der Waals surface area contributed by atoms with E-state index in [0.717, 1.165) is 51.7 Å². The van der Waals surface area contributed by atoms with Crippen LogP contribution in [-0.2, 0) is 14.3 Å². The van der Waals surface area contributed by atoms with E-state index in [4.69, 9.17) is 9.47 Å². The zero-order valence-corrected chi connectivity index (χ0v) is 11.8. The summed E-state index contributed by atoms with van der Waals surface area (Å²) < 4.78 is 11.0. The van der Waals surface area contributed by atoms with Crippen molar-refractivity contribution in [3.8, 4) is 0 Å². The summed E-state index contributed by atoms with van der Waals surface area (Å²) in [6, 6.07) is 0.890. The lowest BCUT2D eigenvalue weighted by atomic mass is 9.93. The van der Waals surface area contributed by atoms with Gasteiger partial charge in [0.05, 0.1) is 6.10 Å². The number of ether oxygens (including phenoxy) is 2. The summed E-state index contributed by atoms with van der Waals surface area (Å²) in [6.45, 7) is 1.70. The molecule has 0 radical (unpaired) electrons. The second-order valence-corrected chi connectivity index (χ2v) is 5.53. The Balaban J connectivity index is 1.58. The first-order valence-electron chi connectivity index (χ1n) is 7.44. The molecule has 1 saturated heterocycles. The minimum Gasteiger partial charge on any atom is -0.381 e. The molecule has 1 amide bonds. The van der Waals surface area contributed by atoms with E-state index in [0.29, 0.717) is 6.04 Å². The van der Waals surface area contributed by atoms with E-state index in [1.54, 1.807) is 0 Å². The molecule has 1 saturated carbocycles. The van der Waals surface area contributed by atoms with Gasteiger partial charge in [-0.25, -0.2) is 0 Å². The average molecular weight is 270 g/mol. The van der Waals surface area contributed by atoms with E-state index in [1.165, 1.54) is 0 Å². The number of amides is 1. The summed E-state index contributed by atoms with van der Waals surface area (Å²) in [5.41, 5.74) is 0. The molecule has 1 heterocycles. The molecule has 0 atom stereocenters. The van der Waals surface area contributed by atoms with Crippen LogP contribution in [0.3, 0.4) is 0 Å². The fourth-order valence-electron chi connectivity index (χ4n) is 2.82. The molecule has 0 unspecified atom stereocenters. The van der Waals surface area contributed by atoms with Gasteiger partial charge in [0.2, 0.25) is 5.91 Å². The van der Waals surface area contributed by atoms with Gasteiger partial charge < -0.3 is 20.1 Å². The summed E-state index contributed by atoms with van der Waals surface area (Å²) in [7, 11) is 2.01. The van der Waals surface area contributed by atoms with E-state index in [2.05, 4.69) is 10.6 Å². The van der Waals surface area contributed by atoms with Crippen LogP contribution in [0.15, 0.2) is 0 Å². The van der Waals surface area contributed by atoms with Gasteiger partial charge in [0.1, 0.15) is 6.61 Å². The van der Waals surface area contributed by atoms with Gasteiger partial charge >= 0.3 is 0 Å². The van der Waals surface area contributed by atoms with E-state index in [-0.39, 0.29) is 24.7 Å². The highest BCUT2D eigenvalue weighted by molar-refractivity contribution is 5.77. The first kappa shape index (κ1) is 14.8. The average Bonchev–Trinajstić information content (AvgIpc) is 2.47. The van der Waals surface area contributed by atoms with Crippen LogP contribution in [0, 0.1) is 0 Å². The van der Waals surface area contributed by atoms with Crippen molar-refractivity contribution < 1.29 is 14.3 Å². The number of carbonyl (C=O) groups excluding carboxylic acids is 1. The minimum absolute atomic E-state index is 0.0163. The third-order valence-electron chi connectivity index (χ3n) is 4.12. The van der Waals surface area contributed by atoms with E-state index < -0.39 is 0 Å². The number of rotatable bonds is 5. The Hall–Kier alpha value is -0.650. The van der Waals surface area contributed by atoms with Crippen molar-refractivity contribution in [2.24, 2.45) is 0 Å². The van der Waals surface area contributed by atoms with Crippen LogP contribution in [0.25, 0.3) is 0 Å². The molecule has 5 heteroatoms. The third-order valence-corrected chi connectivity index (χ3v) is 4.12. The van der Waals surface area contributed by atoms with Crippen LogP contribution in [0.2, 0.25) is 0 Å². The summed E-state index contributed by atoms with van der Waals surface area (Å²) in [5, 5.41) is 6.32. The van der Waals surface area contributed by atoms with E-state index in [1.807, 2.05) is 7.05 Å². The topological polar surface area (TPSA) is 59.6 Å². The fraction of sp³-hybridized carbons (Fsp3) is 0.929.